The molecule has 6 nitrogen and oxygen atoms in total. The van der Waals surface area contributed by atoms with Gasteiger partial charge in [0.15, 0.2) is 5.67 Å². The first kappa shape index (κ1) is 22.6. The van der Waals surface area contributed by atoms with E-state index in [-0.39, 0.29) is 30.0 Å². The van der Waals surface area contributed by atoms with Crippen LogP contribution in [0.15, 0.2) is 42.6 Å². The summed E-state index contributed by atoms with van der Waals surface area (Å²) in [4.78, 5) is 16.3. The first-order chi connectivity index (χ1) is 15.6. The van der Waals surface area contributed by atoms with Gasteiger partial charge < -0.3 is 20.1 Å². The van der Waals surface area contributed by atoms with E-state index in [1.807, 2.05) is 0 Å². The van der Waals surface area contributed by atoms with Crippen LogP contribution in [0.4, 0.5) is 28.0 Å². The molecule has 1 saturated heterocycles. The van der Waals surface area contributed by atoms with Gasteiger partial charge in [-0.25, -0.2) is 22.4 Å². The van der Waals surface area contributed by atoms with Crippen LogP contribution in [0.1, 0.15) is 36.1 Å². The van der Waals surface area contributed by atoms with E-state index in [0.29, 0.717) is 16.6 Å². The number of anilines is 1. The first-order valence-corrected chi connectivity index (χ1v) is 10.1. The average Bonchev–Trinajstić information content (AvgIpc) is 2.75. The Balaban J connectivity index is 1.72. The maximum Gasteiger partial charge on any atom is 0.407 e. The predicted octanol–water partition coefficient (Wildman–Crippen LogP) is 5.65. The summed E-state index contributed by atoms with van der Waals surface area (Å²) in [5.41, 5.74) is -1.44. The van der Waals surface area contributed by atoms with Gasteiger partial charge in [0.2, 0.25) is 0 Å². The molecule has 0 bridgehead atoms. The van der Waals surface area contributed by atoms with Gasteiger partial charge in [-0.1, -0.05) is 18.2 Å². The number of amides is 1. The molecule has 1 amide bonds. The van der Waals surface area contributed by atoms with Gasteiger partial charge in [0.25, 0.3) is 6.43 Å². The molecule has 0 aliphatic carbocycles. The highest BCUT2D eigenvalue weighted by Crippen LogP contribution is 2.43. The molecule has 2 heterocycles. The minimum Gasteiger partial charge on any atom is -0.496 e. The summed E-state index contributed by atoms with van der Waals surface area (Å²) >= 11 is 0. The number of nitrogens with one attached hydrogen (secondary N) is 1. The van der Waals surface area contributed by atoms with E-state index in [9.17, 15) is 18.0 Å². The van der Waals surface area contributed by atoms with E-state index in [0.717, 1.165) is 11.0 Å². The van der Waals surface area contributed by atoms with Crippen LogP contribution in [0.3, 0.4) is 0 Å². The number of aromatic nitrogens is 1. The Morgan fingerprint density at radius 1 is 1.24 bits per heavy atom. The Morgan fingerprint density at radius 3 is 2.58 bits per heavy atom. The third-order valence-corrected chi connectivity index (χ3v) is 5.83. The van der Waals surface area contributed by atoms with Crippen molar-refractivity contribution in [1.29, 1.82) is 0 Å². The third-order valence-electron chi connectivity index (χ3n) is 5.83. The monoisotopic (exact) mass is 463 g/mol. The number of carbonyl (C=O) groups is 1. The Labute approximate surface area is 186 Å². The van der Waals surface area contributed by atoms with Crippen LogP contribution in [0.2, 0.25) is 0 Å². The summed E-state index contributed by atoms with van der Waals surface area (Å²) in [5, 5.41) is 12.7. The number of hydrogen-bond donors (Lipinski definition) is 2. The van der Waals surface area contributed by atoms with E-state index >= 15 is 4.39 Å². The van der Waals surface area contributed by atoms with Gasteiger partial charge in [-0.2, -0.15) is 0 Å². The molecule has 1 aliphatic heterocycles. The Morgan fingerprint density at radius 2 is 1.94 bits per heavy atom. The molecule has 1 atom stereocenters. The van der Waals surface area contributed by atoms with Gasteiger partial charge in [0.1, 0.15) is 11.6 Å². The van der Waals surface area contributed by atoms with E-state index < -0.39 is 35.6 Å². The van der Waals surface area contributed by atoms with E-state index in [2.05, 4.69) is 10.3 Å². The summed E-state index contributed by atoms with van der Waals surface area (Å²) in [6, 6.07) is 7.82. The summed E-state index contributed by atoms with van der Waals surface area (Å²) in [6.07, 6.45) is -2.65. The number of hydrogen-bond acceptors (Lipinski definition) is 4. The van der Waals surface area contributed by atoms with Crippen molar-refractivity contribution in [2.75, 3.05) is 25.5 Å². The molecule has 4 rings (SSSR count). The molecule has 3 aromatic rings. The van der Waals surface area contributed by atoms with Gasteiger partial charge >= 0.3 is 6.09 Å². The molecule has 10 heteroatoms. The summed E-state index contributed by atoms with van der Waals surface area (Å²) < 4.78 is 61.6. The zero-order chi connectivity index (χ0) is 23.9. The molecular weight excluding hydrogens is 442 g/mol. The number of carboxylic acid groups (broad SMARTS) is 1. The number of likely N-dealkylation sites (tertiary alicyclic amines) is 1. The summed E-state index contributed by atoms with van der Waals surface area (Å²) in [6.45, 7) is 0.947. The van der Waals surface area contributed by atoms with Gasteiger partial charge in [-0.05, 0) is 19.1 Å². The lowest BCUT2D eigenvalue weighted by atomic mass is 9.86. The number of ether oxygens (including phenoxy) is 1. The summed E-state index contributed by atoms with van der Waals surface area (Å²) in [5.74, 6) is -0.762. The lowest BCUT2D eigenvalue weighted by molar-refractivity contribution is -0.0251. The van der Waals surface area contributed by atoms with Gasteiger partial charge in [-0.3, -0.25) is 4.98 Å². The number of methoxy groups -OCH3 is 1. The zero-order valence-corrected chi connectivity index (χ0v) is 17.8. The fourth-order valence-corrected chi connectivity index (χ4v) is 4.07. The third kappa shape index (κ3) is 4.01. The highest BCUT2D eigenvalue weighted by atomic mass is 19.3. The predicted molar refractivity (Wildman–Crippen MR) is 114 cm³/mol. The van der Waals surface area contributed by atoms with Gasteiger partial charge in [-0.15, -0.1) is 0 Å². The van der Waals surface area contributed by atoms with Crippen LogP contribution in [0, 0.1) is 5.82 Å². The Bertz CT molecular complexity index is 1220. The van der Waals surface area contributed by atoms with Crippen molar-refractivity contribution < 1.29 is 32.2 Å². The molecule has 33 heavy (non-hydrogen) atoms. The standard InChI is InChI=1S/C23H21F4N3O3/c1-12(13-4-3-5-14(20(13)24)21(25)26)29-17-6-7-28-18-9-19(33-2)16(8-15(17)18)23(27)10-30(11-23)22(31)32/h3-9,12,21H,10-11H2,1-2H3,(H,28,29)(H,31,32)/t12-/m1/s1. The number of fused-ring (bicyclic) bond motifs is 1. The van der Waals surface area contributed by atoms with Crippen molar-refractivity contribution in [3.63, 3.8) is 0 Å². The molecular formula is C23H21F4N3O3. The second-order valence-corrected chi connectivity index (χ2v) is 7.95. The van der Waals surface area contributed by atoms with Crippen LogP contribution in [0.25, 0.3) is 10.9 Å². The summed E-state index contributed by atoms with van der Waals surface area (Å²) in [7, 11) is 1.38. The number of rotatable bonds is 6. The van der Waals surface area contributed by atoms with Crippen molar-refractivity contribution in [1.82, 2.24) is 9.88 Å². The number of pyridine rings is 1. The number of benzene rings is 2. The molecule has 1 aliphatic rings. The van der Waals surface area contributed by atoms with Crippen molar-refractivity contribution in [3.8, 4) is 5.75 Å². The maximum atomic E-state index is 15.5. The smallest absolute Gasteiger partial charge is 0.407 e. The topological polar surface area (TPSA) is 74.7 Å². The lowest BCUT2D eigenvalue weighted by Gasteiger charge is -2.43. The number of halogens is 4. The molecule has 2 N–H and O–H groups in total. The molecule has 0 unspecified atom stereocenters. The molecule has 0 spiro atoms. The van der Waals surface area contributed by atoms with E-state index in [1.54, 1.807) is 19.1 Å². The number of alkyl halides is 3. The SMILES string of the molecule is COc1cc2nccc(N[C@H](C)c3cccc(C(F)F)c3F)c2cc1C1(F)CN(C(=O)O)C1. The van der Waals surface area contributed by atoms with Gasteiger partial charge in [0, 0.05) is 34.5 Å². The quantitative estimate of drug-likeness (QED) is 0.462. The van der Waals surface area contributed by atoms with Crippen LogP contribution in [-0.2, 0) is 5.67 Å². The van der Waals surface area contributed by atoms with Crippen molar-refractivity contribution >= 4 is 22.7 Å². The molecule has 1 aromatic heterocycles. The zero-order valence-electron chi connectivity index (χ0n) is 17.8. The fraction of sp³-hybridized carbons (Fsp3) is 0.304. The normalized spacial score (nSPS) is 15.9. The van der Waals surface area contributed by atoms with Gasteiger partial charge in [0.05, 0.1) is 37.3 Å². The largest absolute Gasteiger partial charge is 0.496 e. The minimum absolute atomic E-state index is 0.0598. The molecule has 2 aromatic carbocycles. The van der Waals surface area contributed by atoms with Crippen molar-refractivity contribution in [2.24, 2.45) is 0 Å². The second kappa shape index (κ2) is 8.42. The molecule has 0 saturated carbocycles. The van der Waals surface area contributed by atoms with Crippen molar-refractivity contribution in [3.05, 3.63) is 65.1 Å². The van der Waals surface area contributed by atoms with Crippen LogP contribution < -0.4 is 10.1 Å². The van der Waals surface area contributed by atoms with E-state index in [1.165, 1.54) is 31.5 Å². The highest BCUT2D eigenvalue weighted by molar-refractivity contribution is 5.93. The first-order valence-electron chi connectivity index (χ1n) is 10.1. The maximum absolute atomic E-state index is 15.5. The fourth-order valence-electron chi connectivity index (χ4n) is 4.07. The highest BCUT2D eigenvalue weighted by Gasteiger charge is 2.49. The van der Waals surface area contributed by atoms with E-state index in [4.69, 9.17) is 9.84 Å². The minimum atomic E-state index is -2.94. The lowest BCUT2D eigenvalue weighted by Crippen LogP contribution is -2.58. The number of nitrogens with zero attached hydrogens (tertiary/aromatic N) is 2. The van der Waals surface area contributed by atoms with Crippen LogP contribution >= 0.6 is 0 Å². The van der Waals surface area contributed by atoms with Crippen molar-refractivity contribution in [2.45, 2.75) is 25.1 Å². The molecule has 174 valence electrons. The Hall–Kier alpha value is -3.56. The van der Waals surface area contributed by atoms with Crippen LogP contribution in [-0.4, -0.2) is 41.3 Å². The van der Waals surface area contributed by atoms with Crippen LogP contribution in [0.5, 0.6) is 5.75 Å². The Kier molecular flexibility index (Phi) is 5.77. The second-order valence-electron chi connectivity index (χ2n) is 7.95. The average molecular weight is 463 g/mol. The molecule has 0 radical (unpaired) electrons. The molecule has 1 fully saturated rings.